The fourth-order valence-corrected chi connectivity index (χ4v) is 3.05. The molecule has 31 heavy (non-hydrogen) atoms. The Balaban J connectivity index is 1.92. The first-order valence-corrected chi connectivity index (χ1v) is 9.51. The van der Waals surface area contributed by atoms with Crippen LogP contribution >= 0.6 is 0 Å². The van der Waals surface area contributed by atoms with E-state index in [1.54, 1.807) is 12.1 Å². The molecule has 0 spiro atoms. The average molecular weight is 424 g/mol. The smallest absolute Gasteiger partial charge is 0.356 e. The Bertz CT molecular complexity index is 1140. The number of rotatable bonds is 7. The van der Waals surface area contributed by atoms with Crippen molar-refractivity contribution in [2.75, 3.05) is 33.3 Å². The third-order valence-corrected chi connectivity index (χ3v) is 4.70. The van der Waals surface area contributed by atoms with E-state index in [-0.39, 0.29) is 18.2 Å². The van der Waals surface area contributed by atoms with Crippen molar-refractivity contribution in [2.45, 2.75) is 13.8 Å². The predicted molar refractivity (Wildman–Crippen MR) is 116 cm³/mol. The maximum atomic E-state index is 12.5. The summed E-state index contributed by atoms with van der Waals surface area (Å²) in [7, 11) is 4.28. The summed E-state index contributed by atoms with van der Waals surface area (Å²) >= 11 is 0. The lowest BCUT2D eigenvalue weighted by molar-refractivity contribution is -0.118. The number of pyridine rings is 1. The highest BCUT2D eigenvalue weighted by Crippen LogP contribution is 2.36. The minimum absolute atomic E-state index is 0.0483. The lowest BCUT2D eigenvalue weighted by Gasteiger charge is -2.14. The first kappa shape index (κ1) is 21.9. The molecule has 0 radical (unpaired) electrons. The van der Waals surface area contributed by atoms with Gasteiger partial charge in [0, 0.05) is 23.2 Å². The van der Waals surface area contributed by atoms with Crippen LogP contribution in [0.15, 0.2) is 36.4 Å². The van der Waals surface area contributed by atoms with Gasteiger partial charge in [0.1, 0.15) is 5.75 Å². The van der Waals surface area contributed by atoms with Gasteiger partial charge in [0.05, 0.1) is 26.8 Å². The van der Waals surface area contributed by atoms with Crippen LogP contribution in [0, 0.1) is 13.8 Å². The minimum atomic E-state index is -0.624. The molecule has 0 unspecified atom stereocenters. The molecular formula is C23H24N2O6. The molecule has 1 aromatic heterocycles. The molecule has 0 aliphatic carbocycles. The first-order valence-electron chi connectivity index (χ1n) is 9.51. The highest BCUT2D eigenvalue weighted by molar-refractivity contribution is 5.96. The molecule has 1 heterocycles. The summed E-state index contributed by atoms with van der Waals surface area (Å²) in [4.78, 5) is 28.9. The van der Waals surface area contributed by atoms with E-state index >= 15 is 0 Å². The third-order valence-electron chi connectivity index (χ3n) is 4.70. The minimum Gasteiger partial charge on any atom is -0.493 e. The lowest BCUT2D eigenvalue weighted by Crippen LogP contribution is -2.21. The van der Waals surface area contributed by atoms with Crippen molar-refractivity contribution >= 4 is 28.5 Å². The standard InChI is InChI=1S/C23H24N2O6/c1-13-6-7-14(2)16(8-13)25-22(26)12-31-19-11-18(23(27)30-5)24-17-10-21(29-4)20(28-3)9-15(17)19/h6-11H,12H2,1-5H3,(H,25,26). The van der Waals surface area contributed by atoms with Gasteiger partial charge in [-0.3, -0.25) is 4.79 Å². The molecule has 0 saturated heterocycles. The van der Waals surface area contributed by atoms with E-state index in [4.69, 9.17) is 18.9 Å². The molecule has 0 bridgehead atoms. The number of esters is 1. The van der Waals surface area contributed by atoms with Gasteiger partial charge in [0.2, 0.25) is 0 Å². The van der Waals surface area contributed by atoms with Gasteiger partial charge in [-0.05, 0) is 37.1 Å². The van der Waals surface area contributed by atoms with Crippen LogP contribution in [0.2, 0.25) is 0 Å². The fourth-order valence-electron chi connectivity index (χ4n) is 3.05. The number of hydrogen-bond donors (Lipinski definition) is 1. The SMILES string of the molecule is COC(=O)c1cc(OCC(=O)Nc2cc(C)ccc2C)c2cc(OC)c(OC)cc2n1. The molecule has 2 aromatic carbocycles. The van der Waals surface area contributed by atoms with Crippen molar-refractivity contribution in [2.24, 2.45) is 0 Å². The van der Waals surface area contributed by atoms with Gasteiger partial charge >= 0.3 is 5.97 Å². The van der Waals surface area contributed by atoms with Crippen molar-refractivity contribution in [1.82, 2.24) is 4.98 Å². The Kier molecular flexibility index (Phi) is 6.59. The monoisotopic (exact) mass is 424 g/mol. The van der Waals surface area contributed by atoms with Crippen molar-refractivity contribution in [3.05, 3.63) is 53.2 Å². The maximum Gasteiger partial charge on any atom is 0.356 e. The Morgan fingerprint density at radius 1 is 0.935 bits per heavy atom. The molecule has 0 aliphatic heterocycles. The molecule has 0 saturated carbocycles. The average Bonchev–Trinajstić information content (AvgIpc) is 2.78. The summed E-state index contributed by atoms with van der Waals surface area (Å²) in [6.45, 7) is 3.60. The van der Waals surface area contributed by atoms with E-state index in [0.29, 0.717) is 28.2 Å². The molecule has 0 fully saturated rings. The largest absolute Gasteiger partial charge is 0.493 e. The Morgan fingerprint density at radius 3 is 2.32 bits per heavy atom. The third kappa shape index (κ3) is 4.85. The molecule has 3 rings (SSSR count). The van der Waals surface area contributed by atoms with Crippen molar-refractivity contribution < 1.29 is 28.5 Å². The summed E-state index contributed by atoms with van der Waals surface area (Å²) in [5.41, 5.74) is 3.18. The van der Waals surface area contributed by atoms with Crippen LogP contribution in [0.4, 0.5) is 5.69 Å². The number of aromatic nitrogens is 1. The summed E-state index contributed by atoms with van der Waals surface area (Å²) < 4.78 is 21.2. The Labute approximate surface area is 180 Å². The number of methoxy groups -OCH3 is 3. The second kappa shape index (κ2) is 9.34. The number of anilines is 1. The number of nitrogens with zero attached hydrogens (tertiary/aromatic N) is 1. The molecule has 8 heteroatoms. The maximum absolute atomic E-state index is 12.5. The number of amides is 1. The van der Waals surface area contributed by atoms with E-state index in [1.807, 2.05) is 32.0 Å². The number of ether oxygens (including phenoxy) is 4. The molecule has 1 amide bonds. The van der Waals surface area contributed by atoms with Crippen LogP contribution in [0.5, 0.6) is 17.2 Å². The summed E-state index contributed by atoms with van der Waals surface area (Å²) in [5, 5.41) is 3.40. The number of nitrogens with one attached hydrogen (secondary N) is 1. The Hall–Kier alpha value is -3.81. The van der Waals surface area contributed by atoms with Crippen LogP contribution in [-0.2, 0) is 9.53 Å². The second-order valence-electron chi connectivity index (χ2n) is 6.88. The van der Waals surface area contributed by atoms with Crippen LogP contribution < -0.4 is 19.5 Å². The summed E-state index contributed by atoms with van der Waals surface area (Å²) in [6, 6.07) is 10.5. The van der Waals surface area contributed by atoms with Crippen LogP contribution in [0.25, 0.3) is 10.9 Å². The van der Waals surface area contributed by atoms with Gasteiger partial charge in [-0.1, -0.05) is 12.1 Å². The normalized spacial score (nSPS) is 10.5. The number of hydrogen-bond acceptors (Lipinski definition) is 7. The van der Waals surface area contributed by atoms with Gasteiger partial charge < -0.3 is 24.3 Å². The van der Waals surface area contributed by atoms with Crippen LogP contribution in [-0.4, -0.2) is 44.8 Å². The Morgan fingerprint density at radius 2 is 1.65 bits per heavy atom. The lowest BCUT2D eigenvalue weighted by atomic mass is 10.1. The number of carbonyl (C=O) groups is 2. The van der Waals surface area contributed by atoms with Crippen molar-refractivity contribution in [1.29, 1.82) is 0 Å². The second-order valence-corrected chi connectivity index (χ2v) is 6.88. The van der Waals surface area contributed by atoms with E-state index in [2.05, 4.69) is 10.3 Å². The first-order chi connectivity index (χ1) is 14.9. The number of carbonyl (C=O) groups excluding carboxylic acids is 2. The van der Waals surface area contributed by atoms with Crippen LogP contribution in [0.1, 0.15) is 21.6 Å². The quantitative estimate of drug-likeness (QED) is 0.578. The zero-order valence-electron chi connectivity index (χ0n) is 18.1. The summed E-state index contributed by atoms with van der Waals surface area (Å²) in [6.07, 6.45) is 0. The number of aryl methyl sites for hydroxylation is 2. The zero-order chi connectivity index (χ0) is 22.5. The molecular weight excluding hydrogens is 400 g/mol. The zero-order valence-corrected chi connectivity index (χ0v) is 18.1. The van der Waals surface area contributed by atoms with Gasteiger partial charge in [0.15, 0.2) is 23.8 Å². The highest BCUT2D eigenvalue weighted by Gasteiger charge is 2.17. The number of benzene rings is 2. The van der Waals surface area contributed by atoms with E-state index < -0.39 is 5.97 Å². The van der Waals surface area contributed by atoms with Gasteiger partial charge in [-0.15, -0.1) is 0 Å². The topological polar surface area (TPSA) is 96.0 Å². The van der Waals surface area contributed by atoms with E-state index in [0.717, 1.165) is 16.8 Å². The van der Waals surface area contributed by atoms with Crippen molar-refractivity contribution in [3.8, 4) is 17.2 Å². The fraction of sp³-hybridized carbons (Fsp3) is 0.261. The summed E-state index contributed by atoms with van der Waals surface area (Å²) in [5.74, 6) is 0.248. The molecule has 8 nitrogen and oxygen atoms in total. The van der Waals surface area contributed by atoms with Gasteiger partial charge in [-0.2, -0.15) is 0 Å². The highest BCUT2D eigenvalue weighted by atomic mass is 16.5. The van der Waals surface area contributed by atoms with Gasteiger partial charge in [0.25, 0.3) is 5.91 Å². The molecule has 0 atom stereocenters. The number of fused-ring (bicyclic) bond motifs is 1. The predicted octanol–water partition coefficient (Wildman–Crippen LogP) is 3.67. The van der Waals surface area contributed by atoms with Crippen LogP contribution in [0.3, 0.4) is 0 Å². The molecule has 162 valence electrons. The molecule has 3 aromatic rings. The van der Waals surface area contributed by atoms with Crippen molar-refractivity contribution in [3.63, 3.8) is 0 Å². The van der Waals surface area contributed by atoms with E-state index in [9.17, 15) is 9.59 Å². The van der Waals surface area contributed by atoms with E-state index in [1.165, 1.54) is 27.4 Å². The molecule has 1 N–H and O–H groups in total. The van der Waals surface area contributed by atoms with Gasteiger partial charge in [-0.25, -0.2) is 9.78 Å². The molecule has 0 aliphatic rings.